The van der Waals surface area contributed by atoms with Crippen LogP contribution in [-0.4, -0.2) is 76.9 Å². The quantitative estimate of drug-likeness (QED) is 0.507. The van der Waals surface area contributed by atoms with Crippen LogP contribution in [0.25, 0.3) is 11.0 Å². The third kappa shape index (κ3) is 5.21. The molecule has 1 saturated carbocycles. The topological polar surface area (TPSA) is 139 Å². The summed E-state index contributed by atoms with van der Waals surface area (Å²) in [6.45, 7) is 3.55. The second kappa shape index (κ2) is 10.1. The number of aromatic nitrogens is 3. The van der Waals surface area contributed by atoms with Gasteiger partial charge < -0.3 is 15.2 Å². The highest BCUT2D eigenvalue weighted by Crippen LogP contribution is 2.31. The van der Waals surface area contributed by atoms with E-state index in [-0.39, 0.29) is 23.7 Å². The lowest BCUT2D eigenvalue weighted by atomic mass is 10.1. The Morgan fingerprint density at radius 1 is 1.17 bits per heavy atom. The number of nitrogens with one attached hydrogen (secondary N) is 2. The van der Waals surface area contributed by atoms with Gasteiger partial charge in [0.05, 0.1) is 18.2 Å². The van der Waals surface area contributed by atoms with Crippen LogP contribution in [0.5, 0.6) is 0 Å². The number of anilines is 1. The summed E-state index contributed by atoms with van der Waals surface area (Å²) < 4.78 is 36.6. The predicted molar refractivity (Wildman–Crippen MR) is 132 cm³/mol. The van der Waals surface area contributed by atoms with Gasteiger partial charge in [-0.2, -0.15) is 22.4 Å². The van der Waals surface area contributed by atoms with E-state index in [1.807, 2.05) is 0 Å². The fourth-order valence-electron chi connectivity index (χ4n) is 5.38. The molecule has 5 rings (SSSR count). The SMILES string of the molecule is Cc1cc2cnc(NC3CCN(S(=O)(=O)NCC4CCCO4)CC3)nc2n(C2CCC[C@@H]2O)c1=O. The zero-order chi connectivity index (χ0) is 24.6. The zero-order valence-corrected chi connectivity index (χ0v) is 20.8. The summed E-state index contributed by atoms with van der Waals surface area (Å²) in [5.74, 6) is 0.403. The van der Waals surface area contributed by atoms with E-state index in [1.165, 1.54) is 4.31 Å². The number of hydrogen-bond donors (Lipinski definition) is 3. The number of fused-ring (bicyclic) bond motifs is 1. The molecular weight excluding hydrogens is 472 g/mol. The molecule has 3 fully saturated rings. The standard InChI is InChI=1S/C23H34N6O5S/c1-15-12-16-13-24-23(27-21(16)29(22(15)31)19-5-2-6-20(19)30)26-17-7-9-28(10-8-17)35(32,33)25-14-18-4-3-11-34-18/h12-13,17-20,25,30H,2-11,14H2,1H3,(H,24,26,27)/t18?,19?,20-/m0/s1. The summed E-state index contributed by atoms with van der Waals surface area (Å²) in [6, 6.07) is 1.51. The van der Waals surface area contributed by atoms with E-state index in [0.29, 0.717) is 62.7 Å². The Hall–Kier alpha value is -2.12. The summed E-state index contributed by atoms with van der Waals surface area (Å²) in [7, 11) is -3.54. The molecule has 192 valence electrons. The first-order valence-electron chi connectivity index (χ1n) is 12.5. The van der Waals surface area contributed by atoms with Gasteiger partial charge in [-0.3, -0.25) is 9.36 Å². The van der Waals surface area contributed by atoms with Crippen molar-refractivity contribution >= 4 is 27.2 Å². The fourth-order valence-corrected chi connectivity index (χ4v) is 6.65. The van der Waals surface area contributed by atoms with Crippen LogP contribution in [0.2, 0.25) is 0 Å². The first-order valence-corrected chi connectivity index (χ1v) is 14.0. The molecule has 4 heterocycles. The van der Waals surface area contributed by atoms with Gasteiger partial charge in [0.1, 0.15) is 5.65 Å². The number of ether oxygens (including phenoxy) is 1. The van der Waals surface area contributed by atoms with Gasteiger partial charge in [0, 0.05) is 49.4 Å². The van der Waals surface area contributed by atoms with E-state index >= 15 is 0 Å². The van der Waals surface area contributed by atoms with E-state index < -0.39 is 16.3 Å². The number of aliphatic hydroxyl groups is 1. The lowest BCUT2D eigenvalue weighted by Gasteiger charge is -2.31. The van der Waals surface area contributed by atoms with Gasteiger partial charge in [0.15, 0.2) is 0 Å². The highest BCUT2D eigenvalue weighted by atomic mass is 32.2. The molecule has 2 aliphatic heterocycles. The van der Waals surface area contributed by atoms with Crippen LogP contribution in [0.4, 0.5) is 5.95 Å². The van der Waals surface area contributed by atoms with Crippen molar-refractivity contribution in [2.75, 3.05) is 31.6 Å². The van der Waals surface area contributed by atoms with Crippen LogP contribution in [0.15, 0.2) is 17.1 Å². The Bertz CT molecular complexity index is 1220. The highest BCUT2D eigenvalue weighted by Gasteiger charge is 2.31. The van der Waals surface area contributed by atoms with E-state index in [9.17, 15) is 18.3 Å². The van der Waals surface area contributed by atoms with Crippen molar-refractivity contribution in [1.29, 1.82) is 0 Å². The average Bonchev–Trinajstić information content (AvgIpc) is 3.51. The predicted octanol–water partition coefficient (Wildman–Crippen LogP) is 1.08. The third-order valence-corrected chi connectivity index (χ3v) is 8.95. The van der Waals surface area contributed by atoms with Crippen LogP contribution in [0.3, 0.4) is 0 Å². The van der Waals surface area contributed by atoms with Crippen molar-refractivity contribution in [1.82, 2.24) is 23.6 Å². The normalized spacial score (nSPS) is 26.5. The molecule has 0 spiro atoms. The maximum Gasteiger partial charge on any atom is 0.279 e. The summed E-state index contributed by atoms with van der Waals surface area (Å²) >= 11 is 0. The number of rotatable bonds is 7. The Balaban J connectivity index is 1.26. The van der Waals surface area contributed by atoms with Gasteiger partial charge in [0.2, 0.25) is 5.95 Å². The van der Waals surface area contributed by atoms with Gasteiger partial charge in [-0.15, -0.1) is 0 Å². The Labute approximate surface area is 205 Å². The maximum absolute atomic E-state index is 13.0. The summed E-state index contributed by atoms with van der Waals surface area (Å²) in [4.78, 5) is 22.1. The van der Waals surface area contributed by atoms with E-state index in [4.69, 9.17) is 4.74 Å². The molecule has 3 atom stereocenters. The van der Waals surface area contributed by atoms with E-state index in [2.05, 4.69) is 20.0 Å². The minimum absolute atomic E-state index is 0.0137. The molecule has 12 heteroatoms. The number of aryl methyl sites for hydroxylation is 1. The Morgan fingerprint density at radius 2 is 1.97 bits per heavy atom. The van der Waals surface area contributed by atoms with Gasteiger partial charge >= 0.3 is 0 Å². The molecule has 3 N–H and O–H groups in total. The smallest absolute Gasteiger partial charge is 0.279 e. The minimum atomic E-state index is -3.54. The molecule has 3 aliphatic rings. The summed E-state index contributed by atoms with van der Waals surface area (Å²) in [5.41, 5.74) is 0.979. The van der Waals surface area contributed by atoms with Crippen molar-refractivity contribution < 1.29 is 18.3 Å². The van der Waals surface area contributed by atoms with Crippen molar-refractivity contribution in [3.8, 4) is 0 Å². The third-order valence-electron chi connectivity index (χ3n) is 7.37. The number of piperidine rings is 1. The number of pyridine rings is 1. The molecule has 2 saturated heterocycles. The number of hydrogen-bond acceptors (Lipinski definition) is 8. The second-order valence-corrected chi connectivity index (χ2v) is 11.6. The molecule has 2 unspecified atom stereocenters. The van der Waals surface area contributed by atoms with Crippen LogP contribution in [0.1, 0.15) is 56.6 Å². The van der Waals surface area contributed by atoms with Crippen molar-refractivity contribution in [2.45, 2.75) is 76.2 Å². The first kappa shape index (κ1) is 24.6. The molecule has 1 aliphatic carbocycles. The highest BCUT2D eigenvalue weighted by molar-refractivity contribution is 7.87. The molecule has 0 radical (unpaired) electrons. The van der Waals surface area contributed by atoms with Crippen LogP contribution >= 0.6 is 0 Å². The Kier molecular flexibility index (Phi) is 7.09. The molecular formula is C23H34N6O5S. The molecule has 0 bridgehead atoms. The average molecular weight is 507 g/mol. The molecule has 11 nitrogen and oxygen atoms in total. The van der Waals surface area contributed by atoms with Crippen molar-refractivity contribution in [3.63, 3.8) is 0 Å². The fraction of sp³-hybridized carbons (Fsp3) is 0.696. The lowest BCUT2D eigenvalue weighted by Crippen LogP contribution is -2.48. The second-order valence-electron chi connectivity index (χ2n) is 9.85. The van der Waals surface area contributed by atoms with Crippen molar-refractivity contribution in [2.24, 2.45) is 0 Å². The van der Waals surface area contributed by atoms with Gasteiger partial charge in [-0.05, 0) is 57.9 Å². The van der Waals surface area contributed by atoms with Crippen LogP contribution in [0, 0.1) is 6.92 Å². The maximum atomic E-state index is 13.0. The molecule has 2 aromatic heterocycles. The Morgan fingerprint density at radius 3 is 2.66 bits per heavy atom. The molecule has 2 aromatic rings. The number of aliphatic hydroxyl groups excluding tert-OH is 1. The van der Waals surface area contributed by atoms with Gasteiger partial charge in [-0.1, -0.05) is 0 Å². The lowest BCUT2D eigenvalue weighted by molar-refractivity contribution is 0.114. The first-order chi connectivity index (χ1) is 16.8. The van der Waals surface area contributed by atoms with Gasteiger partial charge in [-0.25, -0.2) is 4.98 Å². The van der Waals surface area contributed by atoms with Crippen molar-refractivity contribution in [3.05, 3.63) is 28.2 Å². The summed E-state index contributed by atoms with van der Waals surface area (Å²) in [6.07, 6.45) is 6.45. The zero-order valence-electron chi connectivity index (χ0n) is 20.0. The van der Waals surface area contributed by atoms with E-state index in [1.54, 1.807) is 23.8 Å². The largest absolute Gasteiger partial charge is 0.391 e. The van der Waals surface area contributed by atoms with Crippen LogP contribution in [-0.2, 0) is 14.9 Å². The van der Waals surface area contributed by atoms with Crippen LogP contribution < -0.4 is 15.6 Å². The molecule has 35 heavy (non-hydrogen) atoms. The molecule has 0 aromatic carbocycles. The minimum Gasteiger partial charge on any atom is -0.391 e. The van der Waals surface area contributed by atoms with E-state index in [0.717, 1.165) is 31.1 Å². The summed E-state index contributed by atoms with van der Waals surface area (Å²) in [5, 5.41) is 14.5. The molecule has 0 amide bonds. The van der Waals surface area contributed by atoms with Gasteiger partial charge in [0.25, 0.3) is 15.8 Å². The monoisotopic (exact) mass is 506 g/mol. The number of nitrogens with zero attached hydrogens (tertiary/aromatic N) is 4.